The second kappa shape index (κ2) is 8.00. The normalized spacial score (nSPS) is 23.2. The minimum Gasteiger partial charge on any atom is -0.481 e. The van der Waals surface area contributed by atoms with E-state index in [1.54, 1.807) is 11.8 Å². The average molecular weight is 298 g/mol. The summed E-state index contributed by atoms with van der Waals surface area (Å²) in [6, 6.07) is -0.617. The molecule has 120 valence electrons. The van der Waals surface area contributed by atoms with Crippen LogP contribution in [-0.2, 0) is 14.4 Å². The van der Waals surface area contributed by atoms with Crippen LogP contribution in [0.2, 0.25) is 0 Å². The maximum atomic E-state index is 12.3. The molecular weight excluding hydrogens is 272 g/mol. The van der Waals surface area contributed by atoms with Gasteiger partial charge in [-0.05, 0) is 33.6 Å². The Morgan fingerprint density at radius 3 is 2.14 bits per heavy atom. The molecule has 0 aromatic heterocycles. The van der Waals surface area contributed by atoms with Gasteiger partial charge in [0.2, 0.25) is 11.8 Å². The summed E-state index contributed by atoms with van der Waals surface area (Å²) in [6.07, 6.45) is 2.82. The Kier molecular flexibility index (Phi) is 6.65. The van der Waals surface area contributed by atoms with Gasteiger partial charge in [-0.1, -0.05) is 12.8 Å². The van der Waals surface area contributed by atoms with Gasteiger partial charge in [0.1, 0.15) is 6.04 Å². The maximum Gasteiger partial charge on any atom is 0.307 e. The van der Waals surface area contributed by atoms with Gasteiger partial charge in [0, 0.05) is 13.1 Å². The Morgan fingerprint density at radius 2 is 1.67 bits per heavy atom. The third kappa shape index (κ3) is 4.44. The van der Waals surface area contributed by atoms with Crippen molar-refractivity contribution < 1.29 is 19.5 Å². The second-order valence-corrected chi connectivity index (χ2v) is 5.58. The molecule has 2 N–H and O–H groups in total. The number of amides is 2. The molecule has 1 fully saturated rings. The van der Waals surface area contributed by atoms with E-state index in [0.29, 0.717) is 25.9 Å². The van der Waals surface area contributed by atoms with Crippen molar-refractivity contribution in [2.45, 2.75) is 52.5 Å². The van der Waals surface area contributed by atoms with Gasteiger partial charge in [-0.15, -0.1) is 0 Å². The molecule has 2 amide bonds. The quantitative estimate of drug-likeness (QED) is 0.772. The number of carbonyl (C=O) groups excluding carboxylic acids is 2. The van der Waals surface area contributed by atoms with Crippen LogP contribution in [0.25, 0.3) is 0 Å². The first-order chi connectivity index (χ1) is 9.92. The third-order valence-electron chi connectivity index (χ3n) is 4.22. The largest absolute Gasteiger partial charge is 0.481 e. The molecule has 0 saturated heterocycles. The van der Waals surface area contributed by atoms with Gasteiger partial charge < -0.3 is 15.3 Å². The topological polar surface area (TPSA) is 86.7 Å². The van der Waals surface area contributed by atoms with Crippen molar-refractivity contribution in [1.82, 2.24) is 10.2 Å². The number of rotatable bonds is 6. The maximum absolute atomic E-state index is 12.3. The van der Waals surface area contributed by atoms with Gasteiger partial charge in [-0.3, -0.25) is 14.4 Å². The van der Waals surface area contributed by atoms with Crippen molar-refractivity contribution in [1.29, 1.82) is 0 Å². The Morgan fingerprint density at radius 1 is 1.14 bits per heavy atom. The van der Waals surface area contributed by atoms with Crippen LogP contribution in [0.3, 0.4) is 0 Å². The minimum atomic E-state index is -0.919. The summed E-state index contributed by atoms with van der Waals surface area (Å²) in [5.74, 6) is -2.51. The van der Waals surface area contributed by atoms with E-state index in [1.165, 1.54) is 0 Å². The van der Waals surface area contributed by atoms with E-state index in [1.807, 2.05) is 13.8 Å². The smallest absolute Gasteiger partial charge is 0.307 e. The lowest BCUT2D eigenvalue weighted by atomic mass is 9.78. The molecule has 1 saturated carbocycles. The molecule has 0 aliphatic heterocycles. The highest BCUT2D eigenvalue weighted by Gasteiger charge is 2.36. The fourth-order valence-electron chi connectivity index (χ4n) is 2.93. The van der Waals surface area contributed by atoms with Crippen LogP contribution in [0.4, 0.5) is 0 Å². The van der Waals surface area contributed by atoms with E-state index in [9.17, 15) is 19.5 Å². The zero-order valence-electron chi connectivity index (χ0n) is 13.1. The van der Waals surface area contributed by atoms with Crippen LogP contribution in [0.15, 0.2) is 0 Å². The number of hydrogen-bond donors (Lipinski definition) is 2. The lowest BCUT2D eigenvalue weighted by Crippen LogP contribution is -2.50. The molecule has 21 heavy (non-hydrogen) atoms. The highest BCUT2D eigenvalue weighted by molar-refractivity contribution is 5.90. The summed E-state index contributed by atoms with van der Waals surface area (Å²) in [6.45, 7) is 6.61. The lowest BCUT2D eigenvalue weighted by molar-refractivity contribution is -0.149. The number of aliphatic carboxylic acids is 1. The first-order valence-electron chi connectivity index (χ1n) is 7.74. The Bertz CT molecular complexity index is 393. The van der Waals surface area contributed by atoms with Crippen molar-refractivity contribution in [2.75, 3.05) is 13.1 Å². The molecule has 1 rings (SSSR count). The molecule has 0 bridgehead atoms. The van der Waals surface area contributed by atoms with Gasteiger partial charge in [-0.2, -0.15) is 0 Å². The highest BCUT2D eigenvalue weighted by atomic mass is 16.4. The number of likely N-dealkylation sites (N-methyl/N-ethyl adjacent to an activating group) is 1. The molecular formula is C15H26N2O4. The van der Waals surface area contributed by atoms with Crippen LogP contribution in [0.1, 0.15) is 46.5 Å². The number of hydrogen-bond acceptors (Lipinski definition) is 3. The molecule has 6 heteroatoms. The predicted octanol–water partition coefficient (Wildman–Crippen LogP) is 1.25. The third-order valence-corrected chi connectivity index (χ3v) is 4.22. The molecule has 1 unspecified atom stereocenters. The van der Waals surface area contributed by atoms with Crippen molar-refractivity contribution in [2.24, 2.45) is 11.8 Å². The first kappa shape index (κ1) is 17.5. The second-order valence-electron chi connectivity index (χ2n) is 5.58. The van der Waals surface area contributed by atoms with Gasteiger partial charge in [0.05, 0.1) is 11.8 Å². The van der Waals surface area contributed by atoms with E-state index in [4.69, 9.17) is 0 Å². The fourth-order valence-corrected chi connectivity index (χ4v) is 2.93. The molecule has 6 nitrogen and oxygen atoms in total. The molecule has 1 aliphatic carbocycles. The van der Waals surface area contributed by atoms with Crippen LogP contribution >= 0.6 is 0 Å². The van der Waals surface area contributed by atoms with Crippen LogP contribution in [0, 0.1) is 11.8 Å². The molecule has 0 spiro atoms. The number of carboxylic acids is 1. The van der Waals surface area contributed by atoms with E-state index >= 15 is 0 Å². The fraction of sp³-hybridized carbons (Fsp3) is 0.800. The van der Waals surface area contributed by atoms with Gasteiger partial charge in [-0.25, -0.2) is 0 Å². The first-order valence-corrected chi connectivity index (χ1v) is 7.74. The molecule has 0 radical (unpaired) electrons. The molecule has 0 aromatic rings. The number of carbonyl (C=O) groups is 3. The highest BCUT2D eigenvalue weighted by Crippen LogP contribution is 2.30. The van der Waals surface area contributed by atoms with Crippen molar-refractivity contribution >= 4 is 17.8 Å². The van der Waals surface area contributed by atoms with Gasteiger partial charge >= 0.3 is 5.97 Å². The van der Waals surface area contributed by atoms with E-state index in [0.717, 1.165) is 12.8 Å². The summed E-state index contributed by atoms with van der Waals surface area (Å²) in [7, 11) is 0. The lowest BCUT2D eigenvalue weighted by Gasteiger charge is -2.29. The standard InChI is InChI=1S/C15H26N2O4/c1-4-17(5-2)14(19)10(3)16-13(18)11-8-6-7-9-12(11)15(20)21/h10-12H,4-9H2,1-3H3,(H,16,18)(H,20,21)/t10?,11-,12+/m1/s1. The summed E-state index contributed by atoms with van der Waals surface area (Å²) in [5.41, 5.74) is 0. The zero-order chi connectivity index (χ0) is 16.0. The summed E-state index contributed by atoms with van der Waals surface area (Å²) in [4.78, 5) is 37.3. The Hall–Kier alpha value is -1.59. The zero-order valence-corrected chi connectivity index (χ0v) is 13.1. The number of nitrogens with zero attached hydrogens (tertiary/aromatic N) is 1. The predicted molar refractivity (Wildman–Crippen MR) is 78.6 cm³/mol. The number of carboxylic acid groups (broad SMARTS) is 1. The molecule has 0 heterocycles. The molecule has 3 atom stereocenters. The van der Waals surface area contributed by atoms with E-state index in [2.05, 4.69) is 5.32 Å². The summed E-state index contributed by atoms with van der Waals surface area (Å²) < 4.78 is 0. The minimum absolute atomic E-state index is 0.129. The van der Waals surface area contributed by atoms with E-state index in [-0.39, 0.29) is 11.8 Å². The van der Waals surface area contributed by atoms with Crippen LogP contribution in [0.5, 0.6) is 0 Å². The summed E-state index contributed by atoms with van der Waals surface area (Å²) >= 11 is 0. The SMILES string of the molecule is CCN(CC)C(=O)C(C)NC(=O)[C@@H]1CCCC[C@@H]1C(=O)O. The average Bonchev–Trinajstić information content (AvgIpc) is 2.48. The van der Waals surface area contributed by atoms with Gasteiger partial charge in [0.15, 0.2) is 0 Å². The number of nitrogens with one attached hydrogen (secondary N) is 1. The van der Waals surface area contributed by atoms with Gasteiger partial charge in [0.25, 0.3) is 0 Å². The van der Waals surface area contributed by atoms with Crippen LogP contribution in [-0.4, -0.2) is 46.9 Å². The Balaban J connectivity index is 2.66. The summed E-state index contributed by atoms with van der Waals surface area (Å²) in [5, 5.41) is 11.9. The van der Waals surface area contributed by atoms with Crippen molar-refractivity contribution in [3.05, 3.63) is 0 Å². The molecule has 0 aromatic carbocycles. The van der Waals surface area contributed by atoms with Crippen LogP contribution < -0.4 is 5.32 Å². The monoisotopic (exact) mass is 298 g/mol. The van der Waals surface area contributed by atoms with E-state index < -0.39 is 23.8 Å². The molecule has 1 aliphatic rings. The van der Waals surface area contributed by atoms with Crippen molar-refractivity contribution in [3.8, 4) is 0 Å². The van der Waals surface area contributed by atoms with Crippen molar-refractivity contribution in [3.63, 3.8) is 0 Å². The Labute approximate surface area is 125 Å².